The van der Waals surface area contributed by atoms with Crippen LogP contribution in [0.25, 0.3) is 11.3 Å². The van der Waals surface area contributed by atoms with Crippen LogP contribution < -0.4 is 9.64 Å². The molecule has 40 heavy (non-hydrogen) atoms. The van der Waals surface area contributed by atoms with Crippen LogP contribution in [0.5, 0.6) is 5.75 Å². The molecule has 3 aromatic rings. The van der Waals surface area contributed by atoms with Gasteiger partial charge in [-0.05, 0) is 48.4 Å². The van der Waals surface area contributed by atoms with Gasteiger partial charge in [-0.1, -0.05) is 62.4 Å². The summed E-state index contributed by atoms with van der Waals surface area (Å²) in [5.41, 5.74) is 4.57. The molecule has 4 aliphatic rings. The lowest BCUT2D eigenvalue weighted by atomic mass is 9.75. The minimum Gasteiger partial charge on any atom is -0.495 e. The molecule has 7 rings (SSSR count). The third-order valence-corrected chi connectivity index (χ3v) is 9.20. The van der Waals surface area contributed by atoms with Gasteiger partial charge in [-0.15, -0.1) is 5.10 Å². The molecule has 0 spiro atoms. The fourth-order valence-electron chi connectivity index (χ4n) is 6.78. The molecule has 0 N–H and O–H groups in total. The SMILES string of the molecule is COc1ccccc1N1CCN(C(=O)[C@H]2CN3CCC2C[C@@H]3Cn2cc(-c3ccc(C(C)(C)C)cc3)nn2)CC1. The average Bonchev–Trinajstić information content (AvgIpc) is 3.45. The van der Waals surface area contributed by atoms with E-state index < -0.39 is 0 Å². The van der Waals surface area contributed by atoms with Gasteiger partial charge >= 0.3 is 0 Å². The summed E-state index contributed by atoms with van der Waals surface area (Å²) in [5, 5.41) is 8.94. The number of carbonyl (C=O) groups excluding carboxylic acids is 1. The maximum absolute atomic E-state index is 13.6. The van der Waals surface area contributed by atoms with Gasteiger partial charge in [0.2, 0.25) is 5.91 Å². The summed E-state index contributed by atoms with van der Waals surface area (Å²) in [6, 6.07) is 17.2. The molecule has 8 heteroatoms. The molecular formula is C32H42N6O2. The predicted octanol–water partition coefficient (Wildman–Crippen LogP) is 4.31. The molecule has 4 saturated heterocycles. The minimum absolute atomic E-state index is 0.107. The van der Waals surface area contributed by atoms with Gasteiger partial charge in [0.05, 0.1) is 31.5 Å². The smallest absolute Gasteiger partial charge is 0.227 e. The number of ether oxygens (including phenoxy) is 1. The molecule has 4 atom stereocenters. The molecule has 212 valence electrons. The van der Waals surface area contributed by atoms with Gasteiger partial charge in [-0.2, -0.15) is 0 Å². The van der Waals surface area contributed by atoms with E-state index in [2.05, 4.69) is 82.3 Å². The number of amides is 1. The highest BCUT2D eigenvalue weighted by molar-refractivity contribution is 5.80. The second kappa shape index (κ2) is 10.9. The van der Waals surface area contributed by atoms with E-state index in [1.807, 2.05) is 22.9 Å². The van der Waals surface area contributed by atoms with E-state index in [0.29, 0.717) is 17.9 Å². The molecule has 4 fully saturated rings. The Labute approximate surface area is 237 Å². The fourth-order valence-corrected chi connectivity index (χ4v) is 6.78. The van der Waals surface area contributed by atoms with Crippen LogP contribution in [-0.4, -0.2) is 83.1 Å². The molecule has 1 aromatic heterocycles. The first kappa shape index (κ1) is 26.8. The molecule has 2 aromatic carbocycles. The lowest BCUT2D eigenvalue weighted by Crippen LogP contribution is -2.60. The molecule has 8 nitrogen and oxygen atoms in total. The standard InChI is InChI=1S/C32H42N6O2/c1-32(2,3)25-11-9-23(10-12-25)28-22-38(34-33-28)20-26-19-24-13-14-37(26)21-27(24)31(39)36-17-15-35(16-18-36)29-7-5-6-8-30(29)40-4/h5-12,22,24,26-27H,13-21H2,1-4H3/t24?,26-,27+/m1/s1. The van der Waals surface area contributed by atoms with Gasteiger partial charge in [0.1, 0.15) is 11.4 Å². The van der Waals surface area contributed by atoms with Crippen LogP contribution >= 0.6 is 0 Å². The number of aromatic nitrogens is 3. The van der Waals surface area contributed by atoms with Crippen LogP contribution in [0.2, 0.25) is 0 Å². The highest BCUT2D eigenvalue weighted by Gasteiger charge is 2.45. The topological polar surface area (TPSA) is 66.7 Å². The monoisotopic (exact) mass is 542 g/mol. The summed E-state index contributed by atoms with van der Waals surface area (Å²) in [6.07, 6.45) is 4.23. The van der Waals surface area contributed by atoms with Crippen molar-refractivity contribution in [3.63, 3.8) is 0 Å². The van der Waals surface area contributed by atoms with E-state index in [9.17, 15) is 4.79 Å². The Balaban J connectivity index is 1.04. The molecule has 5 heterocycles. The van der Waals surface area contributed by atoms with E-state index in [-0.39, 0.29) is 11.3 Å². The molecule has 0 saturated carbocycles. The highest BCUT2D eigenvalue weighted by Crippen LogP contribution is 2.38. The Hall–Kier alpha value is -3.39. The highest BCUT2D eigenvalue weighted by atomic mass is 16.5. The van der Waals surface area contributed by atoms with Crippen molar-refractivity contribution < 1.29 is 9.53 Å². The normalized spacial score (nSPS) is 24.8. The van der Waals surface area contributed by atoms with Crippen LogP contribution in [0.3, 0.4) is 0 Å². The fraction of sp³-hybridized carbons (Fsp3) is 0.531. The zero-order valence-electron chi connectivity index (χ0n) is 24.3. The summed E-state index contributed by atoms with van der Waals surface area (Å²) in [5.74, 6) is 1.79. The predicted molar refractivity (Wildman–Crippen MR) is 158 cm³/mol. The van der Waals surface area contributed by atoms with Gasteiger partial charge in [0.15, 0.2) is 0 Å². The molecule has 2 unspecified atom stereocenters. The van der Waals surface area contributed by atoms with Gasteiger partial charge in [0, 0.05) is 44.3 Å². The average molecular weight is 543 g/mol. The first-order valence-electron chi connectivity index (χ1n) is 14.7. The number of carbonyl (C=O) groups is 1. The summed E-state index contributed by atoms with van der Waals surface area (Å²) in [4.78, 5) is 20.6. The lowest BCUT2D eigenvalue weighted by Gasteiger charge is -2.50. The van der Waals surface area contributed by atoms with E-state index in [1.165, 1.54) is 5.56 Å². The minimum atomic E-state index is 0.107. The van der Waals surface area contributed by atoms with Crippen LogP contribution in [0.4, 0.5) is 5.69 Å². The number of hydrogen-bond acceptors (Lipinski definition) is 6. The van der Waals surface area contributed by atoms with Gasteiger partial charge in [-0.3, -0.25) is 14.4 Å². The van der Waals surface area contributed by atoms with Crippen LogP contribution in [0.1, 0.15) is 39.2 Å². The van der Waals surface area contributed by atoms with E-state index in [4.69, 9.17) is 4.74 Å². The number of nitrogens with zero attached hydrogens (tertiary/aromatic N) is 6. The van der Waals surface area contributed by atoms with Gasteiger partial charge in [-0.25, -0.2) is 0 Å². The number of anilines is 1. The molecule has 2 bridgehead atoms. The first-order chi connectivity index (χ1) is 19.3. The van der Waals surface area contributed by atoms with Crippen LogP contribution in [0.15, 0.2) is 54.7 Å². The quantitative estimate of drug-likeness (QED) is 0.463. The Morgan fingerprint density at radius 3 is 2.42 bits per heavy atom. The number of piperazine rings is 1. The van der Waals surface area contributed by atoms with Crippen molar-refractivity contribution in [1.29, 1.82) is 0 Å². The largest absolute Gasteiger partial charge is 0.495 e. The second-order valence-corrected chi connectivity index (χ2v) is 12.7. The number of fused-ring (bicyclic) bond motifs is 3. The van der Waals surface area contributed by atoms with E-state index in [0.717, 1.165) is 81.3 Å². The zero-order valence-corrected chi connectivity index (χ0v) is 24.3. The summed E-state index contributed by atoms with van der Waals surface area (Å²) >= 11 is 0. The maximum atomic E-state index is 13.6. The lowest BCUT2D eigenvalue weighted by molar-refractivity contribution is -0.144. The summed E-state index contributed by atoms with van der Waals surface area (Å²) in [7, 11) is 1.72. The number of rotatable bonds is 6. The van der Waals surface area contributed by atoms with Crippen LogP contribution in [0, 0.1) is 11.8 Å². The second-order valence-electron chi connectivity index (χ2n) is 12.7. The zero-order chi connectivity index (χ0) is 27.9. The van der Waals surface area contributed by atoms with Crippen molar-refractivity contribution in [3.8, 4) is 17.0 Å². The van der Waals surface area contributed by atoms with Gasteiger partial charge in [0.25, 0.3) is 0 Å². The third kappa shape index (κ3) is 5.33. The summed E-state index contributed by atoms with van der Waals surface area (Å²) < 4.78 is 7.55. The number of methoxy groups -OCH3 is 1. The Morgan fingerprint density at radius 2 is 1.75 bits per heavy atom. The van der Waals surface area contributed by atoms with Crippen molar-refractivity contribution in [2.45, 2.75) is 51.6 Å². The number of piperidine rings is 3. The van der Waals surface area contributed by atoms with Crippen molar-refractivity contribution in [1.82, 2.24) is 24.8 Å². The number of benzene rings is 2. The van der Waals surface area contributed by atoms with Crippen molar-refractivity contribution in [2.75, 3.05) is 51.3 Å². The van der Waals surface area contributed by atoms with Crippen molar-refractivity contribution >= 4 is 11.6 Å². The number of para-hydroxylation sites is 2. The Morgan fingerprint density at radius 1 is 1.00 bits per heavy atom. The van der Waals surface area contributed by atoms with Crippen molar-refractivity contribution in [3.05, 3.63) is 60.3 Å². The van der Waals surface area contributed by atoms with E-state index >= 15 is 0 Å². The molecule has 0 radical (unpaired) electrons. The Kier molecular flexibility index (Phi) is 7.29. The van der Waals surface area contributed by atoms with Crippen LogP contribution in [-0.2, 0) is 16.8 Å². The summed E-state index contributed by atoms with van der Waals surface area (Å²) in [6.45, 7) is 12.6. The Bertz CT molecular complexity index is 1320. The van der Waals surface area contributed by atoms with Gasteiger partial charge < -0.3 is 14.5 Å². The third-order valence-electron chi connectivity index (χ3n) is 9.20. The maximum Gasteiger partial charge on any atom is 0.227 e. The van der Waals surface area contributed by atoms with E-state index in [1.54, 1.807) is 7.11 Å². The first-order valence-corrected chi connectivity index (χ1v) is 14.7. The molecular weight excluding hydrogens is 500 g/mol. The molecule has 1 amide bonds. The number of hydrogen-bond donors (Lipinski definition) is 0. The molecule has 4 aliphatic heterocycles. The molecule has 0 aliphatic carbocycles. The van der Waals surface area contributed by atoms with Crippen molar-refractivity contribution in [2.24, 2.45) is 11.8 Å².